The third-order valence-electron chi connectivity index (χ3n) is 2.82. The van der Waals surface area contributed by atoms with Gasteiger partial charge in [0.15, 0.2) is 0 Å². The van der Waals surface area contributed by atoms with Crippen LogP contribution in [0.25, 0.3) is 0 Å². The maximum absolute atomic E-state index is 11.5. The summed E-state index contributed by atoms with van der Waals surface area (Å²) in [6.07, 6.45) is 1.47. The standard InChI is InChI=1S/C10H17NO4/c1-7(3-2-4-12)11-6-8(10(14)15)5-9(11)13/h7-8,12H,2-6H2,1H3,(H,14,15). The molecule has 1 fully saturated rings. The highest BCUT2D eigenvalue weighted by molar-refractivity contribution is 5.86. The molecule has 1 amide bonds. The van der Waals surface area contributed by atoms with E-state index in [9.17, 15) is 9.59 Å². The summed E-state index contributed by atoms with van der Waals surface area (Å²) in [7, 11) is 0. The molecule has 1 rings (SSSR count). The Bertz CT molecular complexity index is 254. The number of hydrogen-bond acceptors (Lipinski definition) is 3. The first kappa shape index (κ1) is 12.0. The van der Waals surface area contributed by atoms with E-state index in [0.717, 1.165) is 0 Å². The number of aliphatic carboxylic acids is 1. The van der Waals surface area contributed by atoms with Gasteiger partial charge in [0.05, 0.1) is 5.92 Å². The van der Waals surface area contributed by atoms with Crippen molar-refractivity contribution in [3.8, 4) is 0 Å². The Hall–Kier alpha value is -1.10. The minimum Gasteiger partial charge on any atom is -0.481 e. The van der Waals surface area contributed by atoms with Crippen molar-refractivity contribution in [2.75, 3.05) is 13.2 Å². The highest BCUT2D eigenvalue weighted by Crippen LogP contribution is 2.21. The quantitative estimate of drug-likeness (QED) is 0.681. The lowest BCUT2D eigenvalue weighted by Crippen LogP contribution is -2.35. The molecule has 0 spiro atoms. The average molecular weight is 215 g/mol. The van der Waals surface area contributed by atoms with Crippen LogP contribution in [0.4, 0.5) is 0 Å². The monoisotopic (exact) mass is 215 g/mol. The Labute approximate surface area is 88.7 Å². The van der Waals surface area contributed by atoms with Crippen molar-refractivity contribution in [3.63, 3.8) is 0 Å². The van der Waals surface area contributed by atoms with Crippen LogP contribution in [0.3, 0.4) is 0 Å². The molecule has 5 nitrogen and oxygen atoms in total. The molecule has 0 saturated carbocycles. The third-order valence-corrected chi connectivity index (χ3v) is 2.82. The van der Waals surface area contributed by atoms with Crippen molar-refractivity contribution in [2.24, 2.45) is 5.92 Å². The van der Waals surface area contributed by atoms with Gasteiger partial charge in [0, 0.05) is 25.6 Å². The van der Waals surface area contributed by atoms with Crippen LogP contribution in [0.15, 0.2) is 0 Å². The van der Waals surface area contributed by atoms with Gasteiger partial charge in [-0.2, -0.15) is 0 Å². The van der Waals surface area contributed by atoms with Gasteiger partial charge in [0.2, 0.25) is 5.91 Å². The maximum Gasteiger partial charge on any atom is 0.308 e. The third kappa shape index (κ3) is 2.92. The Balaban J connectivity index is 2.49. The molecule has 2 atom stereocenters. The number of aliphatic hydroxyl groups is 1. The second-order valence-corrected chi connectivity index (χ2v) is 4.00. The van der Waals surface area contributed by atoms with E-state index < -0.39 is 11.9 Å². The highest BCUT2D eigenvalue weighted by atomic mass is 16.4. The zero-order valence-corrected chi connectivity index (χ0v) is 8.85. The van der Waals surface area contributed by atoms with Gasteiger partial charge < -0.3 is 15.1 Å². The number of hydrogen-bond donors (Lipinski definition) is 2. The van der Waals surface area contributed by atoms with Gasteiger partial charge in [-0.1, -0.05) is 0 Å². The number of carbonyl (C=O) groups is 2. The number of nitrogens with zero attached hydrogens (tertiary/aromatic N) is 1. The summed E-state index contributed by atoms with van der Waals surface area (Å²) in [6, 6.07) is 0.0222. The van der Waals surface area contributed by atoms with Crippen LogP contribution in [-0.4, -0.2) is 46.2 Å². The summed E-state index contributed by atoms with van der Waals surface area (Å²) >= 11 is 0. The summed E-state index contributed by atoms with van der Waals surface area (Å²) in [6.45, 7) is 2.30. The first-order chi connectivity index (χ1) is 7.06. The summed E-state index contributed by atoms with van der Waals surface area (Å²) in [4.78, 5) is 23.8. The second-order valence-electron chi connectivity index (χ2n) is 4.00. The first-order valence-corrected chi connectivity index (χ1v) is 5.19. The van der Waals surface area contributed by atoms with Gasteiger partial charge in [-0.15, -0.1) is 0 Å². The van der Waals surface area contributed by atoms with Crippen molar-refractivity contribution in [1.82, 2.24) is 4.90 Å². The number of carbonyl (C=O) groups excluding carboxylic acids is 1. The van der Waals surface area contributed by atoms with Gasteiger partial charge in [-0.3, -0.25) is 9.59 Å². The fourth-order valence-corrected chi connectivity index (χ4v) is 1.87. The lowest BCUT2D eigenvalue weighted by molar-refractivity contribution is -0.141. The molecule has 0 aromatic carbocycles. The fourth-order valence-electron chi connectivity index (χ4n) is 1.87. The molecule has 0 aromatic heterocycles. The van der Waals surface area contributed by atoms with E-state index in [1.807, 2.05) is 6.92 Å². The Morgan fingerprint density at radius 1 is 1.67 bits per heavy atom. The van der Waals surface area contributed by atoms with E-state index in [4.69, 9.17) is 10.2 Å². The van der Waals surface area contributed by atoms with Gasteiger partial charge in [-0.05, 0) is 19.8 Å². The number of rotatable bonds is 5. The van der Waals surface area contributed by atoms with Crippen molar-refractivity contribution < 1.29 is 19.8 Å². The molecule has 1 heterocycles. The van der Waals surface area contributed by atoms with E-state index in [1.54, 1.807) is 4.90 Å². The van der Waals surface area contributed by atoms with Crippen LogP contribution in [0.1, 0.15) is 26.2 Å². The Morgan fingerprint density at radius 2 is 2.33 bits per heavy atom. The number of amides is 1. The molecule has 86 valence electrons. The Kier molecular flexibility index (Phi) is 4.08. The summed E-state index contributed by atoms with van der Waals surface area (Å²) < 4.78 is 0. The van der Waals surface area contributed by atoms with Crippen molar-refractivity contribution in [2.45, 2.75) is 32.2 Å². The molecule has 0 aliphatic carbocycles. The number of aliphatic hydroxyl groups excluding tert-OH is 1. The molecule has 1 aliphatic heterocycles. The van der Waals surface area contributed by atoms with Gasteiger partial charge >= 0.3 is 5.97 Å². The van der Waals surface area contributed by atoms with Crippen LogP contribution in [0, 0.1) is 5.92 Å². The molecule has 0 aromatic rings. The summed E-state index contributed by atoms with van der Waals surface area (Å²) in [5.74, 6) is -1.55. The molecular formula is C10H17NO4. The van der Waals surface area contributed by atoms with Crippen LogP contribution in [-0.2, 0) is 9.59 Å². The number of carboxylic acid groups (broad SMARTS) is 1. The normalized spacial score (nSPS) is 23.2. The van der Waals surface area contributed by atoms with E-state index in [-0.39, 0.29) is 25.0 Å². The van der Waals surface area contributed by atoms with Crippen LogP contribution in [0.5, 0.6) is 0 Å². The molecule has 0 radical (unpaired) electrons. The molecule has 1 aliphatic rings. The van der Waals surface area contributed by atoms with E-state index in [0.29, 0.717) is 19.4 Å². The second kappa shape index (κ2) is 5.11. The fraction of sp³-hybridized carbons (Fsp3) is 0.800. The highest BCUT2D eigenvalue weighted by Gasteiger charge is 2.36. The molecule has 2 unspecified atom stereocenters. The number of likely N-dealkylation sites (tertiary alicyclic amines) is 1. The SMILES string of the molecule is CC(CCCO)N1CC(C(=O)O)CC1=O. The van der Waals surface area contributed by atoms with E-state index in [2.05, 4.69) is 0 Å². The molecule has 15 heavy (non-hydrogen) atoms. The predicted octanol–water partition coefficient (Wildman–Crippen LogP) is 0.0805. The summed E-state index contributed by atoms with van der Waals surface area (Å²) in [5.41, 5.74) is 0. The maximum atomic E-state index is 11.5. The predicted molar refractivity (Wildman–Crippen MR) is 53.2 cm³/mol. The average Bonchev–Trinajstić information content (AvgIpc) is 2.57. The van der Waals surface area contributed by atoms with Gasteiger partial charge in [-0.25, -0.2) is 0 Å². The molecular weight excluding hydrogens is 198 g/mol. The topological polar surface area (TPSA) is 77.8 Å². The molecule has 1 saturated heterocycles. The zero-order chi connectivity index (χ0) is 11.4. The lowest BCUT2D eigenvalue weighted by Gasteiger charge is -2.24. The largest absolute Gasteiger partial charge is 0.481 e. The zero-order valence-electron chi connectivity index (χ0n) is 8.85. The van der Waals surface area contributed by atoms with Crippen LogP contribution >= 0.6 is 0 Å². The van der Waals surface area contributed by atoms with E-state index >= 15 is 0 Å². The van der Waals surface area contributed by atoms with Crippen LogP contribution < -0.4 is 0 Å². The van der Waals surface area contributed by atoms with Crippen molar-refractivity contribution in [3.05, 3.63) is 0 Å². The van der Waals surface area contributed by atoms with Crippen molar-refractivity contribution in [1.29, 1.82) is 0 Å². The van der Waals surface area contributed by atoms with E-state index in [1.165, 1.54) is 0 Å². The number of carboxylic acids is 1. The lowest BCUT2D eigenvalue weighted by atomic mass is 10.1. The Morgan fingerprint density at radius 3 is 2.80 bits per heavy atom. The molecule has 2 N–H and O–H groups in total. The van der Waals surface area contributed by atoms with Crippen LogP contribution in [0.2, 0.25) is 0 Å². The smallest absolute Gasteiger partial charge is 0.308 e. The summed E-state index contributed by atoms with van der Waals surface area (Å²) in [5, 5.41) is 17.5. The molecule has 5 heteroatoms. The first-order valence-electron chi connectivity index (χ1n) is 5.19. The minimum absolute atomic E-state index is 0.0222. The minimum atomic E-state index is -0.903. The van der Waals surface area contributed by atoms with Gasteiger partial charge in [0.25, 0.3) is 0 Å². The van der Waals surface area contributed by atoms with Crippen molar-refractivity contribution >= 4 is 11.9 Å². The van der Waals surface area contributed by atoms with Gasteiger partial charge in [0.1, 0.15) is 0 Å². The molecule has 0 bridgehead atoms.